The van der Waals surface area contributed by atoms with Crippen LogP contribution in [0.5, 0.6) is 0 Å². The van der Waals surface area contributed by atoms with Gasteiger partial charge in [0.15, 0.2) is 0 Å². The topological polar surface area (TPSA) is 9.23 Å². The molecular formula is C4H10OPb. The molecule has 0 saturated carbocycles. The molecule has 4 radical (unpaired) electrons. The molecule has 0 aliphatic heterocycles. The Morgan fingerprint density at radius 2 is 1.50 bits per heavy atom. The fourth-order valence-electron chi connectivity index (χ4n) is 0.204. The van der Waals surface area contributed by atoms with Crippen molar-refractivity contribution in [2.45, 2.75) is 13.8 Å². The van der Waals surface area contributed by atoms with E-state index in [9.17, 15) is 0 Å². The molecule has 0 aromatic heterocycles. The number of hydrogen-bond acceptors (Lipinski definition) is 1. The zero-order chi connectivity index (χ0) is 4.12. The monoisotopic (exact) mass is 282 g/mol. The van der Waals surface area contributed by atoms with E-state index in [4.69, 9.17) is 4.74 Å². The Hall–Kier alpha value is 0.882. The predicted molar refractivity (Wildman–Crippen MR) is 27.9 cm³/mol. The second kappa shape index (κ2) is 9.30. The molecule has 36 valence electrons. The van der Waals surface area contributed by atoms with Gasteiger partial charge in [0, 0.05) is 40.5 Å². The first kappa shape index (κ1) is 9.99. The summed E-state index contributed by atoms with van der Waals surface area (Å²) in [7, 11) is 0. The van der Waals surface area contributed by atoms with Gasteiger partial charge in [-0.2, -0.15) is 0 Å². The molecule has 0 spiro atoms. The molecule has 0 aromatic carbocycles. The molecule has 0 fully saturated rings. The molecule has 0 bridgehead atoms. The molecule has 0 unspecified atom stereocenters. The molecule has 0 atom stereocenters. The summed E-state index contributed by atoms with van der Waals surface area (Å²) in [6, 6.07) is 0. The van der Waals surface area contributed by atoms with E-state index in [0.717, 1.165) is 13.2 Å². The summed E-state index contributed by atoms with van der Waals surface area (Å²) in [5.74, 6) is 0. The van der Waals surface area contributed by atoms with Crippen molar-refractivity contribution in [1.82, 2.24) is 0 Å². The Morgan fingerprint density at radius 3 is 1.50 bits per heavy atom. The molecule has 0 aliphatic rings. The minimum atomic E-state index is 0. The van der Waals surface area contributed by atoms with Gasteiger partial charge < -0.3 is 4.74 Å². The van der Waals surface area contributed by atoms with E-state index >= 15 is 0 Å². The number of hydrogen-bond donors (Lipinski definition) is 0. The third-order valence-corrected chi connectivity index (χ3v) is 0.408. The van der Waals surface area contributed by atoms with E-state index in [1.807, 2.05) is 13.8 Å². The third kappa shape index (κ3) is 8.86. The molecule has 0 aromatic rings. The molecule has 1 nitrogen and oxygen atoms in total. The van der Waals surface area contributed by atoms with Crippen LogP contribution in [0.1, 0.15) is 13.8 Å². The van der Waals surface area contributed by atoms with Crippen molar-refractivity contribution in [3.05, 3.63) is 0 Å². The summed E-state index contributed by atoms with van der Waals surface area (Å²) < 4.78 is 4.83. The summed E-state index contributed by atoms with van der Waals surface area (Å²) >= 11 is 0. The summed E-state index contributed by atoms with van der Waals surface area (Å²) in [4.78, 5) is 0. The number of ether oxygens (including phenoxy) is 1. The van der Waals surface area contributed by atoms with E-state index in [2.05, 4.69) is 0 Å². The third-order valence-electron chi connectivity index (χ3n) is 0.408. The Kier molecular flexibility index (Phi) is 15.5. The molecule has 0 saturated heterocycles. The Morgan fingerprint density at radius 1 is 1.17 bits per heavy atom. The van der Waals surface area contributed by atoms with E-state index < -0.39 is 0 Å². The molecule has 0 aliphatic carbocycles. The normalized spacial score (nSPS) is 7.00. The van der Waals surface area contributed by atoms with Crippen LogP contribution in [0.3, 0.4) is 0 Å². The Bertz CT molecular complexity index is 15.0. The van der Waals surface area contributed by atoms with Crippen LogP contribution in [0.4, 0.5) is 0 Å². The zero-order valence-corrected chi connectivity index (χ0v) is 8.21. The van der Waals surface area contributed by atoms with Crippen molar-refractivity contribution in [3.63, 3.8) is 0 Å². The first-order chi connectivity index (χ1) is 2.41. The van der Waals surface area contributed by atoms with Gasteiger partial charge in [-0.1, -0.05) is 0 Å². The van der Waals surface area contributed by atoms with Crippen molar-refractivity contribution in [2.75, 3.05) is 13.2 Å². The molecule has 2 heteroatoms. The van der Waals surface area contributed by atoms with Crippen molar-refractivity contribution in [3.8, 4) is 0 Å². The second-order valence-corrected chi connectivity index (χ2v) is 0.781. The average Bonchev–Trinajstić information content (AvgIpc) is 1.41. The van der Waals surface area contributed by atoms with Crippen LogP contribution in [0.2, 0.25) is 0 Å². The average molecular weight is 281 g/mol. The molecular weight excluding hydrogens is 271 g/mol. The van der Waals surface area contributed by atoms with E-state index in [0.29, 0.717) is 0 Å². The maximum Gasteiger partial charge on any atom is 0.0437 e. The van der Waals surface area contributed by atoms with Crippen LogP contribution >= 0.6 is 0 Å². The first-order valence-electron chi connectivity index (χ1n) is 1.99. The minimum Gasteiger partial charge on any atom is -0.382 e. The van der Waals surface area contributed by atoms with E-state index in [1.165, 1.54) is 0 Å². The van der Waals surface area contributed by atoms with Crippen molar-refractivity contribution >= 4 is 27.3 Å². The van der Waals surface area contributed by atoms with Gasteiger partial charge in [0.05, 0.1) is 0 Å². The quantitative estimate of drug-likeness (QED) is 0.676. The summed E-state index contributed by atoms with van der Waals surface area (Å²) in [5, 5.41) is 0. The standard InChI is InChI=1S/C4H10O.Pb/c1-3-5-4-2;/h3-4H2,1-2H3;. The molecule has 0 amide bonds. The molecule has 0 heterocycles. The fraction of sp³-hybridized carbons (Fsp3) is 1.00. The summed E-state index contributed by atoms with van der Waals surface area (Å²) in [5.41, 5.74) is 0. The van der Waals surface area contributed by atoms with Crippen LogP contribution < -0.4 is 0 Å². The largest absolute Gasteiger partial charge is 0.382 e. The van der Waals surface area contributed by atoms with Crippen LogP contribution in [0.15, 0.2) is 0 Å². The number of rotatable bonds is 2. The van der Waals surface area contributed by atoms with Gasteiger partial charge in [-0.05, 0) is 13.8 Å². The van der Waals surface area contributed by atoms with E-state index in [1.54, 1.807) is 0 Å². The summed E-state index contributed by atoms with van der Waals surface area (Å²) in [6.07, 6.45) is 0. The van der Waals surface area contributed by atoms with Crippen LogP contribution in [-0.2, 0) is 4.74 Å². The van der Waals surface area contributed by atoms with Crippen LogP contribution in [0.25, 0.3) is 0 Å². The van der Waals surface area contributed by atoms with Gasteiger partial charge in [-0.15, -0.1) is 0 Å². The van der Waals surface area contributed by atoms with Crippen molar-refractivity contribution in [2.24, 2.45) is 0 Å². The fourth-order valence-corrected chi connectivity index (χ4v) is 0.204. The van der Waals surface area contributed by atoms with Gasteiger partial charge in [0.25, 0.3) is 0 Å². The van der Waals surface area contributed by atoms with E-state index in [-0.39, 0.29) is 27.3 Å². The SMILES string of the molecule is CCOCC.[Pb]. The zero-order valence-electron chi connectivity index (χ0n) is 4.32. The van der Waals surface area contributed by atoms with Gasteiger partial charge in [0.2, 0.25) is 0 Å². The van der Waals surface area contributed by atoms with Crippen molar-refractivity contribution < 1.29 is 4.74 Å². The maximum atomic E-state index is 4.83. The Balaban J connectivity index is 0. The minimum absolute atomic E-state index is 0. The Labute approximate surface area is 59.2 Å². The van der Waals surface area contributed by atoms with Crippen molar-refractivity contribution in [1.29, 1.82) is 0 Å². The molecule has 6 heavy (non-hydrogen) atoms. The van der Waals surface area contributed by atoms with Gasteiger partial charge >= 0.3 is 0 Å². The van der Waals surface area contributed by atoms with Gasteiger partial charge in [0.1, 0.15) is 0 Å². The molecule has 0 N–H and O–H groups in total. The maximum absolute atomic E-state index is 4.83. The van der Waals surface area contributed by atoms with Gasteiger partial charge in [-0.25, -0.2) is 0 Å². The second-order valence-electron chi connectivity index (χ2n) is 0.781. The smallest absolute Gasteiger partial charge is 0.0437 e. The first-order valence-corrected chi connectivity index (χ1v) is 1.99. The molecule has 0 rings (SSSR count). The van der Waals surface area contributed by atoms with Crippen LogP contribution in [-0.4, -0.2) is 40.5 Å². The van der Waals surface area contributed by atoms with Crippen LogP contribution in [0, 0.1) is 0 Å². The van der Waals surface area contributed by atoms with Gasteiger partial charge in [-0.3, -0.25) is 0 Å². The summed E-state index contributed by atoms with van der Waals surface area (Å²) in [6.45, 7) is 5.67. The predicted octanol–water partition coefficient (Wildman–Crippen LogP) is 0.662.